The summed E-state index contributed by atoms with van der Waals surface area (Å²) in [6.07, 6.45) is 29.2. The molecule has 240 valence electrons. The van der Waals surface area contributed by atoms with Crippen LogP contribution in [0.15, 0.2) is 0 Å². The molecule has 0 spiro atoms. The average Bonchev–Trinajstić information content (AvgIpc) is 3.00. The van der Waals surface area contributed by atoms with E-state index in [0.717, 1.165) is 51.7 Å². The molecule has 2 aliphatic heterocycles. The van der Waals surface area contributed by atoms with Crippen LogP contribution < -0.4 is 10.6 Å². The van der Waals surface area contributed by atoms with E-state index in [-0.39, 0.29) is 24.8 Å². The first-order valence-corrected chi connectivity index (χ1v) is 17.9. The quantitative estimate of drug-likeness (QED) is 0.119. The van der Waals surface area contributed by atoms with E-state index in [1.165, 1.54) is 129 Å². The summed E-state index contributed by atoms with van der Waals surface area (Å²) in [6, 6.07) is -0.0187. The molecule has 3 amide bonds. The normalized spacial score (nSPS) is 17.9. The highest BCUT2D eigenvalue weighted by Crippen LogP contribution is 2.18. The average molecular weight is 579 g/mol. The van der Waals surface area contributed by atoms with Crippen molar-refractivity contribution in [3.05, 3.63) is 0 Å². The molecule has 0 radical (unpaired) electrons. The number of nitrogens with one attached hydrogen (secondary N) is 2. The van der Waals surface area contributed by atoms with Gasteiger partial charge in [-0.05, 0) is 64.6 Å². The minimum absolute atomic E-state index is 0.00111. The number of unbranched alkanes of at least 4 members (excludes halogenated alkanes) is 15. The van der Waals surface area contributed by atoms with Crippen LogP contribution in [0.5, 0.6) is 0 Å². The van der Waals surface area contributed by atoms with Crippen LogP contribution in [0.1, 0.15) is 155 Å². The number of hydrogen-bond acceptors (Lipinski definition) is 4. The molecular weight excluding hydrogens is 512 g/mol. The summed E-state index contributed by atoms with van der Waals surface area (Å²) in [7, 11) is 0. The number of rotatable bonds is 23. The first-order valence-electron chi connectivity index (χ1n) is 17.9. The Bertz CT molecular complexity index is 641. The number of alkyl carbamates (subject to hydrolysis) is 1. The minimum Gasteiger partial charge on any atom is -0.447 e. The summed E-state index contributed by atoms with van der Waals surface area (Å²) in [5.41, 5.74) is 0. The fourth-order valence-electron chi connectivity index (χ4n) is 6.31. The standard InChI is InChI=1S/C34H66N4O3/c1-2-3-4-5-6-7-8-9-10-11-12-13-14-15-16-19-25-35-33(39)38-30-22-18-24-32(38)31-41-34(40)36-26-23-29-37-27-20-17-21-28-37/h32H,2-31H2,1H3,(H,35,39)(H,36,40). The number of amides is 3. The lowest BCUT2D eigenvalue weighted by Crippen LogP contribution is -2.51. The maximum absolute atomic E-state index is 12.8. The van der Waals surface area contributed by atoms with Crippen LogP contribution in [0.2, 0.25) is 0 Å². The summed E-state index contributed by atoms with van der Waals surface area (Å²) < 4.78 is 5.51. The van der Waals surface area contributed by atoms with Gasteiger partial charge >= 0.3 is 12.1 Å². The highest BCUT2D eigenvalue weighted by molar-refractivity contribution is 5.74. The second kappa shape index (κ2) is 25.0. The van der Waals surface area contributed by atoms with Crippen molar-refractivity contribution in [1.29, 1.82) is 0 Å². The first kappa shape index (κ1) is 35.7. The number of nitrogens with zero attached hydrogens (tertiary/aromatic N) is 2. The summed E-state index contributed by atoms with van der Waals surface area (Å²) in [6.45, 7) is 8.10. The van der Waals surface area contributed by atoms with Gasteiger partial charge in [-0.1, -0.05) is 110 Å². The zero-order valence-electron chi connectivity index (χ0n) is 26.9. The van der Waals surface area contributed by atoms with Crippen LogP contribution in [0.3, 0.4) is 0 Å². The number of hydrogen-bond donors (Lipinski definition) is 2. The zero-order chi connectivity index (χ0) is 29.2. The Labute approximate surface area is 253 Å². The smallest absolute Gasteiger partial charge is 0.407 e. The number of carbonyl (C=O) groups excluding carboxylic acids is 2. The van der Waals surface area contributed by atoms with Crippen molar-refractivity contribution in [3.63, 3.8) is 0 Å². The Balaban J connectivity index is 1.40. The Morgan fingerprint density at radius 3 is 1.78 bits per heavy atom. The lowest BCUT2D eigenvalue weighted by Gasteiger charge is -2.35. The van der Waals surface area contributed by atoms with E-state index in [4.69, 9.17) is 4.74 Å². The molecule has 1 unspecified atom stereocenters. The van der Waals surface area contributed by atoms with Crippen molar-refractivity contribution in [3.8, 4) is 0 Å². The first-order chi connectivity index (χ1) is 20.2. The molecule has 0 aromatic heterocycles. The Morgan fingerprint density at radius 2 is 1.17 bits per heavy atom. The SMILES string of the molecule is CCCCCCCCCCCCCCCCCCNC(=O)N1CCCCC1COC(=O)NCCCN1CCCCC1. The molecule has 0 aromatic rings. The molecule has 0 aliphatic carbocycles. The molecule has 2 heterocycles. The van der Waals surface area contributed by atoms with Gasteiger partial charge in [0.2, 0.25) is 0 Å². The Morgan fingerprint density at radius 1 is 0.634 bits per heavy atom. The molecule has 0 saturated carbocycles. The summed E-state index contributed by atoms with van der Waals surface area (Å²) in [5.74, 6) is 0. The van der Waals surface area contributed by atoms with Gasteiger partial charge in [0, 0.05) is 19.6 Å². The van der Waals surface area contributed by atoms with Crippen molar-refractivity contribution in [2.75, 3.05) is 45.9 Å². The number of likely N-dealkylation sites (tertiary alicyclic amines) is 2. The predicted octanol–water partition coefficient (Wildman–Crippen LogP) is 8.41. The molecule has 0 bridgehead atoms. The second-order valence-electron chi connectivity index (χ2n) is 12.7. The molecule has 7 nitrogen and oxygen atoms in total. The van der Waals surface area contributed by atoms with E-state index in [9.17, 15) is 9.59 Å². The molecule has 2 saturated heterocycles. The van der Waals surface area contributed by atoms with Crippen molar-refractivity contribution >= 4 is 12.1 Å². The van der Waals surface area contributed by atoms with E-state index in [2.05, 4.69) is 22.5 Å². The molecule has 2 aliphatic rings. The summed E-state index contributed by atoms with van der Waals surface area (Å²) >= 11 is 0. The molecule has 2 N–H and O–H groups in total. The molecule has 2 rings (SSSR count). The number of urea groups is 1. The van der Waals surface area contributed by atoms with E-state index in [1.54, 1.807) is 0 Å². The van der Waals surface area contributed by atoms with Gasteiger partial charge in [-0.25, -0.2) is 9.59 Å². The fraction of sp³-hybridized carbons (Fsp3) is 0.941. The second-order valence-corrected chi connectivity index (χ2v) is 12.7. The van der Waals surface area contributed by atoms with Gasteiger partial charge in [0.25, 0.3) is 0 Å². The van der Waals surface area contributed by atoms with Crippen LogP contribution >= 0.6 is 0 Å². The van der Waals surface area contributed by atoms with Gasteiger partial charge in [-0.15, -0.1) is 0 Å². The van der Waals surface area contributed by atoms with Gasteiger partial charge in [-0.2, -0.15) is 0 Å². The van der Waals surface area contributed by atoms with Crippen molar-refractivity contribution < 1.29 is 14.3 Å². The largest absolute Gasteiger partial charge is 0.447 e. The predicted molar refractivity (Wildman–Crippen MR) is 172 cm³/mol. The zero-order valence-corrected chi connectivity index (χ0v) is 26.9. The highest BCUT2D eigenvalue weighted by atomic mass is 16.5. The van der Waals surface area contributed by atoms with Crippen LogP contribution in [0.4, 0.5) is 9.59 Å². The molecular formula is C34H66N4O3. The van der Waals surface area contributed by atoms with Gasteiger partial charge in [-0.3, -0.25) is 0 Å². The third-order valence-electron chi connectivity index (χ3n) is 8.97. The molecule has 2 fully saturated rings. The molecule has 1 atom stereocenters. The monoisotopic (exact) mass is 579 g/mol. The van der Waals surface area contributed by atoms with Crippen molar-refractivity contribution in [1.82, 2.24) is 20.4 Å². The lowest BCUT2D eigenvalue weighted by atomic mass is 10.0. The Kier molecular flexibility index (Phi) is 21.8. The van der Waals surface area contributed by atoms with Gasteiger partial charge in [0.05, 0.1) is 6.04 Å². The molecule has 7 heteroatoms. The fourth-order valence-corrected chi connectivity index (χ4v) is 6.31. The van der Waals surface area contributed by atoms with E-state index in [1.807, 2.05) is 4.90 Å². The van der Waals surface area contributed by atoms with E-state index >= 15 is 0 Å². The maximum atomic E-state index is 12.8. The Hall–Kier alpha value is -1.50. The van der Waals surface area contributed by atoms with Crippen LogP contribution in [-0.2, 0) is 4.74 Å². The van der Waals surface area contributed by atoms with Crippen molar-refractivity contribution in [2.45, 2.75) is 161 Å². The number of ether oxygens (including phenoxy) is 1. The van der Waals surface area contributed by atoms with Gasteiger partial charge < -0.3 is 25.2 Å². The summed E-state index contributed by atoms with van der Waals surface area (Å²) in [5, 5.41) is 6.00. The lowest BCUT2D eigenvalue weighted by molar-refractivity contribution is 0.0828. The van der Waals surface area contributed by atoms with Gasteiger partial charge in [0.1, 0.15) is 6.61 Å². The van der Waals surface area contributed by atoms with Gasteiger partial charge in [0.15, 0.2) is 0 Å². The summed E-state index contributed by atoms with van der Waals surface area (Å²) in [4.78, 5) is 29.4. The minimum atomic E-state index is -0.359. The van der Waals surface area contributed by atoms with Crippen LogP contribution in [0, 0.1) is 0 Å². The third kappa shape index (κ3) is 18.6. The van der Waals surface area contributed by atoms with E-state index < -0.39 is 0 Å². The molecule has 0 aromatic carbocycles. The number of carbonyl (C=O) groups is 2. The maximum Gasteiger partial charge on any atom is 0.407 e. The van der Waals surface area contributed by atoms with Crippen LogP contribution in [0.25, 0.3) is 0 Å². The number of piperidine rings is 2. The topological polar surface area (TPSA) is 73.9 Å². The molecule has 41 heavy (non-hydrogen) atoms. The van der Waals surface area contributed by atoms with Crippen LogP contribution in [-0.4, -0.2) is 73.8 Å². The highest BCUT2D eigenvalue weighted by Gasteiger charge is 2.27. The van der Waals surface area contributed by atoms with Crippen molar-refractivity contribution in [2.24, 2.45) is 0 Å². The van der Waals surface area contributed by atoms with E-state index in [0.29, 0.717) is 6.54 Å². The third-order valence-corrected chi connectivity index (χ3v) is 8.97.